The summed E-state index contributed by atoms with van der Waals surface area (Å²) >= 11 is 0. The third-order valence-corrected chi connectivity index (χ3v) is 3.76. The second-order valence-electron chi connectivity index (χ2n) is 5.07. The van der Waals surface area contributed by atoms with Crippen LogP contribution in [0.2, 0.25) is 0 Å². The maximum absolute atomic E-state index is 4.56. The Hall–Kier alpha value is -2.61. The Kier molecular flexibility index (Phi) is 2.36. The number of aryl methyl sites for hydroxylation is 1. The highest BCUT2D eigenvalue weighted by atomic mass is 15.2. The van der Waals surface area contributed by atoms with Crippen LogP contribution in [0.25, 0.3) is 27.5 Å². The molecule has 20 heavy (non-hydrogen) atoms. The standard InChI is InChI=1S/C18H14N2/c1-13-12-19-20-17(14-7-3-2-4-8-14)11-15-9-5-6-10-16(15)18(13)20/h2-12H,1H3. The minimum absolute atomic E-state index is 1.13. The van der Waals surface area contributed by atoms with E-state index in [1.807, 2.05) is 16.8 Å². The monoisotopic (exact) mass is 258 g/mol. The van der Waals surface area contributed by atoms with Gasteiger partial charge in [-0.3, -0.25) is 0 Å². The second-order valence-corrected chi connectivity index (χ2v) is 5.07. The summed E-state index contributed by atoms with van der Waals surface area (Å²) in [5.74, 6) is 0. The van der Waals surface area contributed by atoms with E-state index in [9.17, 15) is 0 Å². The lowest BCUT2D eigenvalue weighted by atomic mass is 10.0. The summed E-state index contributed by atoms with van der Waals surface area (Å²) in [7, 11) is 0. The molecular weight excluding hydrogens is 244 g/mol. The van der Waals surface area contributed by atoms with Crippen molar-refractivity contribution < 1.29 is 0 Å². The number of aromatic nitrogens is 2. The molecule has 0 aliphatic heterocycles. The molecule has 0 saturated carbocycles. The van der Waals surface area contributed by atoms with E-state index in [4.69, 9.17) is 0 Å². The van der Waals surface area contributed by atoms with Crippen molar-refractivity contribution in [1.82, 2.24) is 9.61 Å². The van der Waals surface area contributed by atoms with E-state index in [0.29, 0.717) is 0 Å². The van der Waals surface area contributed by atoms with Gasteiger partial charge in [0.25, 0.3) is 0 Å². The van der Waals surface area contributed by atoms with Crippen molar-refractivity contribution >= 4 is 16.3 Å². The van der Waals surface area contributed by atoms with E-state index < -0.39 is 0 Å². The van der Waals surface area contributed by atoms with Crippen LogP contribution in [0.5, 0.6) is 0 Å². The SMILES string of the molecule is Cc1cnn2c(-c3ccccc3)cc3ccccc3c12. The number of nitrogens with zero attached hydrogens (tertiary/aromatic N) is 2. The molecule has 0 spiro atoms. The second kappa shape index (κ2) is 4.20. The van der Waals surface area contributed by atoms with E-state index in [-0.39, 0.29) is 0 Å². The fourth-order valence-corrected chi connectivity index (χ4v) is 2.80. The number of benzene rings is 2. The Morgan fingerprint density at radius 3 is 2.50 bits per heavy atom. The molecule has 2 nitrogen and oxygen atoms in total. The number of rotatable bonds is 1. The van der Waals surface area contributed by atoms with Gasteiger partial charge in [0.15, 0.2) is 0 Å². The predicted molar refractivity (Wildman–Crippen MR) is 82.9 cm³/mol. The van der Waals surface area contributed by atoms with Gasteiger partial charge >= 0.3 is 0 Å². The van der Waals surface area contributed by atoms with Crippen LogP contribution in [0.3, 0.4) is 0 Å². The van der Waals surface area contributed by atoms with Crippen LogP contribution in [0.1, 0.15) is 5.56 Å². The van der Waals surface area contributed by atoms with Gasteiger partial charge in [0.2, 0.25) is 0 Å². The largest absolute Gasteiger partial charge is 0.232 e. The molecule has 4 rings (SSSR count). The molecule has 2 heterocycles. The normalized spacial score (nSPS) is 11.2. The van der Waals surface area contributed by atoms with Crippen LogP contribution >= 0.6 is 0 Å². The molecule has 2 aromatic carbocycles. The molecule has 96 valence electrons. The van der Waals surface area contributed by atoms with Gasteiger partial charge in [-0.05, 0) is 23.9 Å². The summed E-state index contributed by atoms with van der Waals surface area (Å²) in [5, 5.41) is 7.07. The molecule has 0 aliphatic carbocycles. The lowest BCUT2D eigenvalue weighted by Crippen LogP contribution is -1.95. The van der Waals surface area contributed by atoms with Crippen LogP contribution in [-0.4, -0.2) is 9.61 Å². The van der Waals surface area contributed by atoms with Crippen LogP contribution in [-0.2, 0) is 0 Å². The minimum Gasteiger partial charge on any atom is -0.232 e. The molecule has 0 fully saturated rings. The zero-order valence-corrected chi connectivity index (χ0v) is 11.2. The van der Waals surface area contributed by atoms with E-state index in [2.05, 4.69) is 66.6 Å². The van der Waals surface area contributed by atoms with E-state index in [1.165, 1.54) is 27.4 Å². The van der Waals surface area contributed by atoms with Gasteiger partial charge in [0, 0.05) is 10.9 Å². The summed E-state index contributed by atoms with van der Waals surface area (Å²) < 4.78 is 2.05. The fourth-order valence-electron chi connectivity index (χ4n) is 2.80. The molecule has 2 aromatic heterocycles. The Morgan fingerprint density at radius 1 is 0.900 bits per heavy atom. The van der Waals surface area contributed by atoms with Gasteiger partial charge in [-0.25, -0.2) is 4.52 Å². The first-order chi connectivity index (χ1) is 9.84. The summed E-state index contributed by atoms with van der Waals surface area (Å²) in [5.41, 5.74) is 4.72. The molecule has 2 heteroatoms. The lowest BCUT2D eigenvalue weighted by molar-refractivity contribution is 0.975. The van der Waals surface area contributed by atoms with E-state index in [1.54, 1.807) is 0 Å². The van der Waals surface area contributed by atoms with Crippen molar-refractivity contribution in [3.05, 3.63) is 72.4 Å². The zero-order valence-electron chi connectivity index (χ0n) is 11.2. The lowest BCUT2D eigenvalue weighted by Gasteiger charge is -2.09. The number of hydrogen-bond donors (Lipinski definition) is 0. The highest BCUT2D eigenvalue weighted by Crippen LogP contribution is 2.29. The molecule has 0 saturated heterocycles. The maximum Gasteiger partial charge on any atom is 0.0776 e. The first-order valence-corrected chi connectivity index (χ1v) is 6.76. The van der Waals surface area contributed by atoms with Crippen LogP contribution in [0.15, 0.2) is 66.9 Å². The third kappa shape index (κ3) is 1.55. The third-order valence-electron chi connectivity index (χ3n) is 3.76. The first kappa shape index (κ1) is 11.2. The highest BCUT2D eigenvalue weighted by molar-refractivity contribution is 5.99. The highest BCUT2D eigenvalue weighted by Gasteiger charge is 2.10. The first-order valence-electron chi connectivity index (χ1n) is 6.76. The van der Waals surface area contributed by atoms with Gasteiger partial charge < -0.3 is 0 Å². The molecule has 0 amide bonds. The van der Waals surface area contributed by atoms with Crippen molar-refractivity contribution in [1.29, 1.82) is 0 Å². The maximum atomic E-state index is 4.56. The number of fused-ring (bicyclic) bond motifs is 3. The topological polar surface area (TPSA) is 17.3 Å². The van der Waals surface area contributed by atoms with Gasteiger partial charge in [-0.1, -0.05) is 54.6 Å². The molecular formula is C18H14N2. The molecule has 0 bridgehead atoms. The Labute approximate surface area is 117 Å². The van der Waals surface area contributed by atoms with Crippen molar-refractivity contribution in [2.24, 2.45) is 0 Å². The van der Waals surface area contributed by atoms with Crippen molar-refractivity contribution in [3.8, 4) is 11.3 Å². The average Bonchev–Trinajstić information content (AvgIpc) is 2.90. The fraction of sp³-hybridized carbons (Fsp3) is 0.0556. The Morgan fingerprint density at radius 2 is 1.65 bits per heavy atom. The molecule has 0 N–H and O–H groups in total. The molecule has 0 aliphatic rings. The van der Waals surface area contributed by atoms with Crippen LogP contribution in [0, 0.1) is 6.92 Å². The van der Waals surface area contributed by atoms with Crippen molar-refractivity contribution in [3.63, 3.8) is 0 Å². The van der Waals surface area contributed by atoms with Gasteiger partial charge in [0.1, 0.15) is 0 Å². The summed E-state index contributed by atoms with van der Waals surface area (Å²) in [6.45, 7) is 2.11. The van der Waals surface area contributed by atoms with Crippen molar-refractivity contribution in [2.75, 3.05) is 0 Å². The molecule has 0 unspecified atom stereocenters. The zero-order chi connectivity index (χ0) is 13.5. The number of pyridine rings is 1. The summed E-state index contributed by atoms with van der Waals surface area (Å²) in [4.78, 5) is 0. The molecule has 4 aromatic rings. The summed E-state index contributed by atoms with van der Waals surface area (Å²) in [6.07, 6.45) is 1.94. The smallest absolute Gasteiger partial charge is 0.0776 e. The van der Waals surface area contributed by atoms with Crippen LogP contribution < -0.4 is 0 Å². The molecule has 0 atom stereocenters. The van der Waals surface area contributed by atoms with Gasteiger partial charge in [-0.2, -0.15) is 5.10 Å². The summed E-state index contributed by atoms with van der Waals surface area (Å²) in [6, 6.07) is 21.1. The van der Waals surface area contributed by atoms with Crippen molar-refractivity contribution in [2.45, 2.75) is 6.92 Å². The number of hydrogen-bond acceptors (Lipinski definition) is 1. The van der Waals surface area contributed by atoms with Gasteiger partial charge in [-0.15, -0.1) is 0 Å². The van der Waals surface area contributed by atoms with E-state index in [0.717, 1.165) is 5.69 Å². The quantitative estimate of drug-likeness (QED) is 0.492. The average molecular weight is 258 g/mol. The minimum atomic E-state index is 1.13. The Balaban J connectivity index is 2.20. The Bertz CT molecular complexity index is 905. The van der Waals surface area contributed by atoms with Crippen LogP contribution in [0.4, 0.5) is 0 Å². The molecule has 0 radical (unpaired) electrons. The van der Waals surface area contributed by atoms with E-state index >= 15 is 0 Å². The predicted octanol–water partition coefficient (Wildman–Crippen LogP) is 4.46. The van der Waals surface area contributed by atoms with Gasteiger partial charge in [0.05, 0.1) is 17.4 Å².